The molecule has 3 aromatic heterocycles. The number of anilines is 1. The third kappa shape index (κ3) is 3.44. The van der Waals surface area contributed by atoms with Crippen LogP contribution in [0.2, 0.25) is 0 Å². The van der Waals surface area contributed by atoms with Crippen LogP contribution in [0.4, 0.5) is 5.13 Å². The smallest absolute Gasteiger partial charge is 0.271 e. The number of imidazole rings is 1. The number of amides is 1. The van der Waals surface area contributed by atoms with Gasteiger partial charge in [-0.3, -0.25) is 4.79 Å². The Bertz CT molecular complexity index is 1110. The second-order valence-corrected chi connectivity index (χ2v) is 7.80. The zero-order chi connectivity index (χ0) is 19.6. The molecule has 1 aliphatic heterocycles. The van der Waals surface area contributed by atoms with E-state index >= 15 is 0 Å². The summed E-state index contributed by atoms with van der Waals surface area (Å²) in [7, 11) is 0. The number of hydrogen-bond acceptors (Lipinski definition) is 7. The molecule has 8 nitrogen and oxygen atoms in total. The molecule has 1 N–H and O–H groups in total. The summed E-state index contributed by atoms with van der Waals surface area (Å²) in [5.41, 5.74) is 4.04. The fraction of sp³-hybridized carbons (Fsp3) is 0.250. The molecule has 1 amide bonds. The van der Waals surface area contributed by atoms with E-state index in [1.54, 1.807) is 28.5 Å². The lowest BCUT2D eigenvalue weighted by Crippen LogP contribution is -2.52. The summed E-state index contributed by atoms with van der Waals surface area (Å²) >= 11 is 1.51. The van der Waals surface area contributed by atoms with Crippen LogP contribution < -0.4 is 10.2 Å². The van der Waals surface area contributed by atoms with Crippen molar-refractivity contribution in [2.75, 3.05) is 18.0 Å². The first-order chi connectivity index (χ1) is 14.3. The molecule has 146 valence electrons. The lowest BCUT2D eigenvalue weighted by atomic mass is 9.85. The van der Waals surface area contributed by atoms with Gasteiger partial charge in [-0.2, -0.15) is 5.10 Å². The van der Waals surface area contributed by atoms with Crippen LogP contribution in [0.1, 0.15) is 28.4 Å². The van der Waals surface area contributed by atoms with Crippen LogP contribution in [0.25, 0.3) is 5.65 Å². The third-order valence-electron chi connectivity index (χ3n) is 5.29. The quantitative estimate of drug-likeness (QED) is 0.561. The Morgan fingerprint density at radius 2 is 2.07 bits per heavy atom. The highest BCUT2D eigenvalue weighted by molar-refractivity contribution is 7.13. The van der Waals surface area contributed by atoms with Gasteiger partial charge in [-0.05, 0) is 24.1 Å². The summed E-state index contributed by atoms with van der Waals surface area (Å²) in [5.74, 6) is 0.0395. The summed E-state index contributed by atoms with van der Waals surface area (Å²) in [5, 5.41) is 16.5. The minimum absolute atomic E-state index is 0.0724. The highest BCUT2D eigenvalue weighted by Crippen LogP contribution is 2.31. The first kappa shape index (κ1) is 17.7. The van der Waals surface area contributed by atoms with Gasteiger partial charge in [0, 0.05) is 25.2 Å². The van der Waals surface area contributed by atoms with Crippen molar-refractivity contribution in [3.8, 4) is 0 Å². The maximum Gasteiger partial charge on any atom is 0.271 e. The predicted octanol–water partition coefficient (Wildman–Crippen LogP) is 2.37. The highest BCUT2D eigenvalue weighted by atomic mass is 32.1. The maximum atomic E-state index is 13.1. The number of carbonyl (C=O) groups is 1. The average Bonchev–Trinajstić information content (AvgIpc) is 3.44. The van der Waals surface area contributed by atoms with Gasteiger partial charge in [-0.1, -0.05) is 41.7 Å². The first-order valence-electron chi connectivity index (χ1n) is 9.45. The molecule has 0 spiro atoms. The number of rotatable bonds is 4. The predicted molar refractivity (Wildman–Crippen MR) is 110 cm³/mol. The van der Waals surface area contributed by atoms with Gasteiger partial charge in [0.15, 0.2) is 5.65 Å². The molecule has 2 atom stereocenters. The molecule has 0 aliphatic carbocycles. The average molecular weight is 405 g/mol. The second-order valence-electron chi connectivity index (χ2n) is 6.99. The number of nitrogens with zero attached hydrogens (tertiary/aromatic N) is 6. The van der Waals surface area contributed by atoms with Crippen LogP contribution in [0.3, 0.4) is 0 Å². The molecule has 1 fully saturated rings. The van der Waals surface area contributed by atoms with E-state index in [-0.39, 0.29) is 17.9 Å². The SMILES string of the molecule is O=C(N[C@@H]1CN(c2nncs2)CC[C@H]1c1ccccc1)c1cnc2cccnn12. The molecule has 9 heteroatoms. The van der Waals surface area contributed by atoms with Gasteiger partial charge in [0.05, 0.1) is 12.2 Å². The zero-order valence-electron chi connectivity index (χ0n) is 15.5. The lowest BCUT2D eigenvalue weighted by molar-refractivity contribution is 0.0920. The molecule has 0 bridgehead atoms. The van der Waals surface area contributed by atoms with Crippen LogP contribution in [0.5, 0.6) is 0 Å². The molecule has 0 unspecified atom stereocenters. The number of piperidine rings is 1. The molecule has 29 heavy (non-hydrogen) atoms. The van der Waals surface area contributed by atoms with Gasteiger partial charge < -0.3 is 10.2 Å². The summed E-state index contributed by atoms with van der Waals surface area (Å²) in [6, 6.07) is 13.9. The van der Waals surface area contributed by atoms with Crippen molar-refractivity contribution in [2.24, 2.45) is 0 Å². The molecule has 1 aromatic carbocycles. The Morgan fingerprint density at radius 3 is 2.90 bits per heavy atom. The van der Waals surface area contributed by atoms with Crippen LogP contribution in [-0.2, 0) is 0 Å². The van der Waals surface area contributed by atoms with Crippen LogP contribution in [-0.4, -0.2) is 49.8 Å². The minimum Gasteiger partial charge on any atom is -0.346 e. The Kier molecular flexibility index (Phi) is 4.65. The van der Waals surface area contributed by atoms with Gasteiger partial charge in [0.25, 0.3) is 5.91 Å². The van der Waals surface area contributed by atoms with E-state index in [9.17, 15) is 4.79 Å². The molecule has 1 saturated heterocycles. The number of hydrogen-bond donors (Lipinski definition) is 1. The van der Waals surface area contributed by atoms with Gasteiger partial charge in [-0.15, -0.1) is 10.2 Å². The second kappa shape index (κ2) is 7.59. The van der Waals surface area contributed by atoms with E-state index < -0.39 is 0 Å². The largest absolute Gasteiger partial charge is 0.346 e. The van der Waals surface area contributed by atoms with E-state index in [2.05, 4.69) is 42.6 Å². The Balaban J connectivity index is 1.43. The van der Waals surface area contributed by atoms with Crippen molar-refractivity contribution in [1.82, 2.24) is 30.1 Å². The standard InChI is InChI=1S/C20H19N7OS/c28-19(17-11-21-18-7-4-9-23-27(17)18)24-16-12-26(20-25-22-13-29-20)10-8-15(16)14-5-2-1-3-6-14/h1-7,9,11,13,15-16H,8,10,12H2,(H,24,28)/t15-,16+/m0/s1. The van der Waals surface area contributed by atoms with Crippen LogP contribution >= 0.6 is 11.3 Å². The van der Waals surface area contributed by atoms with Gasteiger partial charge in [0.1, 0.15) is 11.2 Å². The molecule has 0 radical (unpaired) electrons. The molecule has 1 aliphatic rings. The fourth-order valence-electron chi connectivity index (χ4n) is 3.90. The van der Waals surface area contributed by atoms with Crippen molar-refractivity contribution >= 4 is 28.0 Å². The normalized spacial score (nSPS) is 19.4. The number of fused-ring (bicyclic) bond motifs is 1. The monoisotopic (exact) mass is 405 g/mol. The summed E-state index contributed by atoms with van der Waals surface area (Å²) in [6.45, 7) is 1.54. The van der Waals surface area contributed by atoms with Crippen molar-refractivity contribution in [3.05, 3.63) is 71.6 Å². The summed E-state index contributed by atoms with van der Waals surface area (Å²) < 4.78 is 1.57. The fourth-order valence-corrected chi connectivity index (χ4v) is 4.50. The topological polar surface area (TPSA) is 88.3 Å². The van der Waals surface area contributed by atoms with Crippen LogP contribution in [0.15, 0.2) is 60.4 Å². The molecule has 0 saturated carbocycles. The summed E-state index contributed by atoms with van der Waals surface area (Å²) in [6.07, 6.45) is 4.14. The highest BCUT2D eigenvalue weighted by Gasteiger charge is 2.33. The van der Waals surface area contributed by atoms with Gasteiger partial charge in [-0.25, -0.2) is 9.50 Å². The number of benzene rings is 1. The first-order valence-corrected chi connectivity index (χ1v) is 10.3. The number of nitrogens with one attached hydrogen (secondary N) is 1. The number of carbonyl (C=O) groups excluding carboxylic acids is 1. The van der Waals surface area contributed by atoms with Crippen molar-refractivity contribution < 1.29 is 4.79 Å². The molecular formula is C20H19N7OS. The zero-order valence-corrected chi connectivity index (χ0v) is 16.4. The van der Waals surface area contributed by atoms with Gasteiger partial charge in [0.2, 0.25) is 5.13 Å². The molecule has 5 rings (SSSR count). The Labute approximate surface area is 171 Å². The van der Waals surface area contributed by atoms with Crippen molar-refractivity contribution in [2.45, 2.75) is 18.4 Å². The molecule has 4 aromatic rings. The Morgan fingerprint density at radius 1 is 1.17 bits per heavy atom. The summed E-state index contributed by atoms with van der Waals surface area (Å²) in [4.78, 5) is 19.6. The van der Waals surface area contributed by atoms with Gasteiger partial charge >= 0.3 is 0 Å². The third-order valence-corrected chi connectivity index (χ3v) is 6.04. The maximum absolute atomic E-state index is 13.1. The van der Waals surface area contributed by atoms with E-state index in [0.29, 0.717) is 17.9 Å². The lowest BCUT2D eigenvalue weighted by Gasteiger charge is -2.39. The van der Waals surface area contributed by atoms with Crippen molar-refractivity contribution in [1.29, 1.82) is 0 Å². The molecule has 4 heterocycles. The van der Waals surface area contributed by atoms with Crippen molar-refractivity contribution in [3.63, 3.8) is 0 Å². The van der Waals surface area contributed by atoms with Crippen LogP contribution in [0, 0.1) is 0 Å². The van der Waals surface area contributed by atoms with E-state index in [4.69, 9.17) is 0 Å². The minimum atomic E-state index is -0.179. The van der Waals surface area contributed by atoms with E-state index in [1.807, 2.05) is 24.3 Å². The molecular weight excluding hydrogens is 386 g/mol. The number of aromatic nitrogens is 5. The van der Waals surface area contributed by atoms with E-state index in [1.165, 1.54) is 16.9 Å². The van der Waals surface area contributed by atoms with E-state index in [0.717, 1.165) is 18.1 Å². The Hall–Kier alpha value is -3.33.